The van der Waals surface area contributed by atoms with Crippen molar-refractivity contribution in [2.45, 2.75) is 18.8 Å². The van der Waals surface area contributed by atoms with Crippen LogP contribution in [0.25, 0.3) is 0 Å². The number of H-pyrrole nitrogens is 1. The van der Waals surface area contributed by atoms with E-state index in [9.17, 15) is 9.59 Å². The third kappa shape index (κ3) is 2.78. The van der Waals surface area contributed by atoms with Crippen molar-refractivity contribution in [2.75, 3.05) is 12.4 Å². The van der Waals surface area contributed by atoms with Gasteiger partial charge in [-0.2, -0.15) is 5.10 Å². The molecule has 1 aliphatic rings. The van der Waals surface area contributed by atoms with E-state index in [1.54, 1.807) is 6.07 Å². The number of carboxylic acids is 1. The minimum Gasteiger partial charge on any atom is -0.495 e. The van der Waals surface area contributed by atoms with Crippen LogP contribution in [-0.4, -0.2) is 34.3 Å². The first-order valence-corrected chi connectivity index (χ1v) is 6.86. The summed E-state index contributed by atoms with van der Waals surface area (Å²) in [5.74, 6) is -0.660. The van der Waals surface area contributed by atoms with E-state index in [1.165, 1.54) is 25.3 Å². The van der Waals surface area contributed by atoms with Gasteiger partial charge >= 0.3 is 5.97 Å². The third-order valence-corrected chi connectivity index (χ3v) is 3.54. The maximum atomic E-state index is 12.2. The number of carbonyl (C=O) groups is 2. The second-order valence-corrected chi connectivity index (χ2v) is 5.16. The van der Waals surface area contributed by atoms with Gasteiger partial charge in [0, 0.05) is 11.6 Å². The van der Waals surface area contributed by atoms with Gasteiger partial charge in [0.1, 0.15) is 5.75 Å². The van der Waals surface area contributed by atoms with Crippen molar-refractivity contribution in [3.63, 3.8) is 0 Å². The molecule has 7 heteroatoms. The monoisotopic (exact) mass is 301 g/mol. The van der Waals surface area contributed by atoms with E-state index in [0.717, 1.165) is 18.5 Å². The van der Waals surface area contributed by atoms with Gasteiger partial charge in [0.15, 0.2) is 5.69 Å². The van der Waals surface area contributed by atoms with E-state index < -0.39 is 5.97 Å². The van der Waals surface area contributed by atoms with Crippen LogP contribution in [0.15, 0.2) is 24.3 Å². The van der Waals surface area contributed by atoms with Gasteiger partial charge in [0.05, 0.1) is 18.4 Å². The summed E-state index contributed by atoms with van der Waals surface area (Å²) in [4.78, 5) is 23.1. The lowest BCUT2D eigenvalue weighted by Gasteiger charge is -2.09. The molecule has 0 saturated heterocycles. The number of hydrogen-bond donors (Lipinski definition) is 3. The molecule has 3 rings (SSSR count). The number of nitrogens with zero attached hydrogens (tertiary/aromatic N) is 1. The summed E-state index contributed by atoms with van der Waals surface area (Å²) in [6, 6.07) is 6.00. The molecule has 0 aliphatic heterocycles. The Balaban J connectivity index is 1.78. The predicted molar refractivity (Wildman–Crippen MR) is 78.5 cm³/mol. The Bertz CT molecular complexity index is 734. The molecule has 114 valence electrons. The van der Waals surface area contributed by atoms with Crippen LogP contribution in [0.3, 0.4) is 0 Å². The molecular weight excluding hydrogens is 286 g/mol. The number of methoxy groups -OCH3 is 1. The summed E-state index contributed by atoms with van der Waals surface area (Å²) in [7, 11) is 1.41. The molecule has 1 saturated carbocycles. The minimum atomic E-state index is -1.06. The lowest BCUT2D eigenvalue weighted by Crippen LogP contribution is -2.13. The molecule has 1 amide bonds. The van der Waals surface area contributed by atoms with Gasteiger partial charge < -0.3 is 15.2 Å². The highest BCUT2D eigenvalue weighted by Crippen LogP contribution is 2.39. The number of aromatic amines is 1. The van der Waals surface area contributed by atoms with Gasteiger partial charge in [-0.3, -0.25) is 9.89 Å². The van der Waals surface area contributed by atoms with Gasteiger partial charge in [0.2, 0.25) is 0 Å². The smallest absolute Gasteiger partial charge is 0.335 e. The molecular formula is C15H15N3O4. The molecule has 7 nitrogen and oxygen atoms in total. The van der Waals surface area contributed by atoms with Crippen molar-refractivity contribution in [2.24, 2.45) is 0 Å². The maximum absolute atomic E-state index is 12.2. The van der Waals surface area contributed by atoms with Crippen LogP contribution in [0.1, 0.15) is 45.3 Å². The lowest BCUT2D eigenvalue weighted by atomic mass is 10.2. The summed E-state index contributed by atoms with van der Waals surface area (Å²) in [5.41, 5.74) is 1.75. The van der Waals surface area contributed by atoms with Gasteiger partial charge in [-0.15, -0.1) is 0 Å². The molecule has 2 aromatic rings. The fourth-order valence-corrected chi connectivity index (χ4v) is 2.17. The maximum Gasteiger partial charge on any atom is 0.335 e. The van der Waals surface area contributed by atoms with Crippen LogP contribution in [0.2, 0.25) is 0 Å². The average Bonchev–Trinajstić information content (AvgIpc) is 3.24. The second kappa shape index (κ2) is 5.51. The van der Waals surface area contributed by atoms with Crippen molar-refractivity contribution >= 4 is 17.6 Å². The normalized spacial score (nSPS) is 13.7. The summed E-state index contributed by atoms with van der Waals surface area (Å²) < 4.78 is 5.12. The standard InChI is InChI=1S/C15H15N3O4/c1-22-13-6-9(15(20)21)4-5-10(13)16-14(19)12-7-11(17-18-12)8-2-3-8/h4-8H,2-3H2,1H3,(H,16,19)(H,17,18)(H,20,21). The Labute approximate surface area is 126 Å². The quantitative estimate of drug-likeness (QED) is 0.785. The number of ether oxygens (including phenoxy) is 1. The number of aromatic carboxylic acids is 1. The zero-order chi connectivity index (χ0) is 15.7. The summed E-state index contributed by atoms with van der Waals surface area (Å²) >= 11 is 0. The lowest BCUT2D eigenvalue weighted by molar-refractivity contribution is 0.0696. The Hall–Kier alpha value is -2.83. The van der Waals surface area contributed by atoms with Crippen molar-refractivity contribution in [3.05, 3.63) is 41.2 Å². The summed E-state index contributed by atoms with van der Waals surface area (Å²) in [5, 5.41) is 18.5. The van der Waals surface area contributed by atoms with Crippen LogP contribution in [0, 0.1) is 0 Å². The van der Waals surface area contributed by atoms with Gasteiger partial charge in [-0.05, 0) is 37.1 Å². The van der Waals surface area contributed by atoms with Gasteiger partial charge in [-0.25, -0.2) is 4.79 Å². The number of carbonyl (C=O) groups excluding carboxylic acids is 1. The summed E-state index contributed by atoms with van der Waals surface area (Å²) in [6.45, 7) is 0. The fourth-order valence-electron chi connectivity index (χ4n) is 2.17. The zero-order valence-corrected chi connectivity index (χ0v) is 11.9. The molecule has 1 heterocycles. The fraction of sp³-hybridized carbons (Fsp3) is 0.267. The molecule has 3 N–H and O–H groups in total. The van der Waals surface area contributed by atoms with Crippen molar-refractivity contribution in [1.29, 1.82) is 0 Å². The van der Waals surface area contributed by atoms with E-state index >= 15 is 0 Å². The molecule has 0 atom stereocenters. The largest absolute Gasteiger partial charge is 0.495 e. The molecule has 1 aromatic carbocycles. The van der Waals surface area contributed by atoms with Crippen LogP contribution < -0.4 is 10.1 Å². The first-order valence-electron chi connectivity index (χ1n) is 6.86. The molecule has 1 aliphatic carbocycles. The average molecular weight is 301 g/mol. The number of benzene rings is 1. The predicted octanol–water partition coefficient (Wildman–Crippen LogP) is 2.25. The van der Waals surface area contributed by atoms with E-state index in [2.05, 4.69) is 15.5 Å². The molecule has 0 spiro atoms. The van der Waals surface area contributed by atoms with E-state index in [1.807, 2.05) is 0 Å². The Kier molecular flexibility index (Phi) is 3.54. The number of amides is 1. The van der Waals surface area contributed by atoms with Crippen LogP contribution in [0.4, 0.5) is 5.69 Å². The van der Waals surface area contributed by atoms with E-state index in [-0.39, 0.29) is 17.2 Å². The Morgan fingerprint density at radius 3 is 2.77 bits per heavy atom. The Morgan fingerprint density at radius 1 is 1.36 bits per heavy atom. The van der Waals surface area contributed by atoms with Crippen molar-refractivity contribution in [1.82, 2.24) is 10.2 Å². The number of carboxylic acid groups (broad SMARTS) is 1. The van der Waals surface area contributed by atoms with E-state index in [4.69, 9.17) is 9.84 Å². The van der Waals surface area contributed by atoms with Crippen LogP contribution in [-0.2, 0) is 0 Å². The highest BCUT2D eigenvalue weighted by Gasteiger charge is 2.26. The highest BCUT2D eigenvalue weighted by atomic mass is 16.5. The minimum absolute atomic E-state index is 0.0886. The molecule has 0 bridgehead atoms. The van der Waals surface area contributed by atoms with Crippen molar-refractivity contribution in [3.8, 4) is 5.75 Å². The topological polar surface area (TPSA) is 104 Å². The number of aromatic nitrogens is 2. The molecule has 0 unspecified atom stereocenters. The second-order valence-electron chi connectivity index (χ2n) is 5.16. The number of nitrogens with one attached hydrogen (secondary N) is 2. The Morgan fingerprint density at radius 2 is 2.14 bits per heavy atom. The zero-order valence-electron chi connectivity index (χ0n) is 11.9. The first kappa shape index (κ1) is 14.1. The molecule has 1 fully saturated rings. The SMILES string of the molecule is COc1cc(C(=O)O)ccc1NC(=O)c1cc(C2CC2)[nH]n1. The van der Waals surface area contributed by atoms with Crippen LogP contribution in [0.5, 0.6) is 5.75 Å². The number of rotatable bonds is 5. The van der Waals surface area contributed by atoms with Gasteiger partial charge in [0.25, 0.3) is 5.91 Å². The summed E-state index contributed by atoms with van der Waals surface area (Å²) in [6.07, 6.45) is 2.24. The molecule has 1 aromatic heterocycles. The first-order chi connectivity index (χ1) is 10.6. The van der Waals surface area contributed by atoms with Crippen LogP contribution >= 0.6 is 0 Å². The van der Waals surface area contributed by atoms with Crippen molar-refractivity contribution < 1.29 is 19.4 Å². The molecule has 22 heavy (non-hydrogen) atoms. The highest BCUT2D eigenvalue weighted by molar-refractivity contribution is 6.04. The number of anilines is 1. The van der Waals surface area contributed by atoms with E-state index in [0.29, 0.717) is 17.3 Å². The van der Waals surface area contributed by atoms with Gasteiger partial charge in [-0.1, -0.05) is 0 Å². The molecule has 0 radical (unpaired) electrons. The number of hydrogen-bond acceptors (Lipinski definition) is 4. The third-order valence-electron chi connectivity index (χ3n) is 3.54.